The molecule has 2 rings (SSSR count). The number of urea groups is 2. The first-order valence-corrected chi connectivity index (χ1v) is 4.75. The van der Waals surface area contributed by atoms with Crippen molar-refractivity contribution in [2.24, 2.45) is 11.5 Å². The number of amides is 4. The van der Waals surface area contributed by atoms with Crippen molar-refractivity contribution in [2.45, 2.75) is 0 Å². The average molecular weight is 232 g/mol. The van der Waals surface area contributed by atoms with Gasteiger partial charge in [-0.05, 0) is 12.1 Å². The van der Waals surface area contributed by atoms with Gasteiger partial charge in [0.25, 0.3) is 0 Å². The number of imide groups is 1. The van der Waals surface area contributed by atoms with E-state index in [0.717, 1.165) is 5.52 Å². The molecular weight excluding hydrogens is 220 g/mol. The summed E-state index contributed by atoms with van der Waals surface area (Å²) in [4.78, 5) is 23.4. The van der Waals surface area contributed by atoms with Crippen LogP contribution in [0.3, 0.4) is 0 Å². The standard InChI is InChI=1S/C9H7N.C2H5N3O2/c1-2-6-9-8(4-1)5-3-7-10-9;3-1(6)5-2(4)7/h1-7H;(H5,3,4,5,6,7). The molecule has 0 aliphatic carbocycles. The van der Waals surface area contributed by atoms with E-state index in [1.54, 1.807) is 5.32 Å². The number of benzene rings is 1. The monoisotopic (exact) mass is 232 g/mol. The molecule has 1 aromatic heterocycles. The van der Waals surface area contributed by atoms with E-state index in [9.17, 15) is 9.59 Å². The maximum absolute atomic E-state index is 9.62. The molecule has 4 amide bonds. The zero-order chi connectivity index (χ0) is 12.7. The highest BCUT2D eigenvalue weighted by molar-refractivity contribution is 5.91. The first kappa shape index (κ1) is 12.4. The van der Waals surface area contributed by atoms with Gasteiger partial charge < -0.3 is 11.5 Å². The lowest BCUT2D eigenvalue weighted by atomic mass is 10.2. The molecule has 5 N–H and O–H groups in total. The summed E-state index contributed by atoms with van der Waals surface area (Å²) in [5, 5.41) is 2.78. The first-order chi connectivity index (χ1) is 8.09. The number of primary amides is 2. The number of nitrogens with zero attached hydrogens (tertiary/aromatic N) is 1. The Balaban J connectivity index is 0.000000185. The molecular formula is C11H12N4O2. The van der Waals surface area contributed by atoms with Gasteiger partial charge in [-0.2, -0.15) is 0 Å². The van der Waals surface area contributed by atoms with Crippen molar-refractivity contribution in [2.75, 3.05) is 0 Å². The SMILES string of the molecule is NC(=O)NC(N)=O.c1ccc2ncccc2c1. The van der Waals surface area contributed by atoms with Crippen LogP contribution in [0.15, 0.2) is 42.6 Å². The van der Waals surface area contributed by atoms with Crippen molar-refractivity contribution in [3.63, 3.8) is 0 Å². The highest BCUT2D eigenvalue weighted by Crippen LogP contribution is 2.07. The van der Waals surface area contributed by atoms with E-state index in [0.29, 0.717) is 0 Å². The van der Waals surface area contributed by atoms with Crippen LogP contribution in [-0.4, -0.2) is 17.0 Å². The van der Waals surface area contributed by atoms with Gasteiger partial charge in [-0.3, -0.25) is 10.3 Å². The van der Waals surface area contributed by atoms with Gasteiger partial charge in [0.05, 0.1) is 5.52 Å². The second-order valence-electron chi connectivity index (χ2n) is 3.05. The summed E-state index contributed by atoms with van der Waals surface area (Å²) in [5.74, 6) is 0. The van der Waals surface area contributed by atoms with Crippen molar-refractivity contribution < 1.29 is 9.59 Å². The summed E-state index contributed by atoms with van der Waals surface area (Å²) in [6, 6.07) is 10.2. The summed E-state index contributed by atoms with van der Waals surface area (Å²) < 4.78 is 0. The summed E-state index contributed by atoms with van der Waals surface area (Å²) in [5.41, 5.74) is 9.95. The predicted octanol–water partition coefficient (Wildman–Crippen LogP) is 0.968. The summed E-state index contributed by atoms with van der Waals surface area (Å²) in [6.07, 6.45) is 1.81. The second-order valence-corrected chi connectivity index (χ2v) is 3.05. The number of para-hydroxylation sites is 1. The summed E-state index contributed by atoms with van der Waals surface area (Å²) in [6.45, 7) is 0. The van der Waals surface area contributed by atoms with Crippen molar-refractivity contribution in [1.29, 1.82) is 0 Å². The molecule has 0 saturated heterocycles. The molecule has 1 heterocycles. The second kappa shape index (κ2) is 6.06. The van der Waals surface area contributed by atoms with Gasteiger partial charge in [-0.15, -0.1) is 0 Å². The topological polar surface area (TPSA) is 111 Å². The molecule has 0 saturated carbocycles. The fraction of sp³-hybridized carbons (Fsp3) is 0. The molecule has 2 aromatic rings. The Bertz CT molecular complexity index is 450. The van der Waals surface area contributed by atoms with Gasteiger partial charge in [0.15, 0.2) is 0 Å². The number of rotatable bonds is 0. The zero-order valence-corrected chi connectivity index (χ0v) is 8.96. The lowest BCUT2D eigenvalue weighted by Crippen LogP contribution is -2.38. The Morgan fingerprint density at radius 3 is 2.12 bits per heavy atom. The van der Waals surface area contributed by atoms with Crippen LogP contribution < -0.4 is 16.8 Å². The molecule has 0 radical (unpaired) electrons. The van der Waals surface area contributed by atoms with Crippen LogP contribution in [0.2, 0.25) is 0 Å². The Morgan fingerprint density at radius 2 is 1.59 bits per heavy atom. The summed E-state index contributed by atoms with van der Waals surface area (Å²) >= 11 is 0. The van der Waals surface area contributed by atoms with Crippen molar-refractivity contribution in [1.82, 2.24) is 10.3 Å². The Hall–Kier alpha value is -2.63. The number of carbonyl (C=O) groups excluding carboxylic acids is 2. The maximum atomic E-state index is 9.62. The lowest BCUT2D eigenvalue weighted by molar-refractivity contribution is 0.236. The third-order valence-electron chi connectivity index (χ3n) is 1.76. The fourth-order valence-electron chi connectivity index (χ4n) is 1.14. The molecule has 17 heavy (non-hydrogen) atoms. The number of aromatic nitrogens is 1. The van der Waals surface area contributed by atoms with E-state index in [4.69, 9.17) is 0 Å². The molecule has 0 aliphatic rings. The highest BCUT2D eigenvalue weighted by Gasteiger charge is 1.92. The van der Waals surface area contributed by atoms with Gasteiger partial charge in [-0.25, -0.2) is 9.59 Å². The number of carbonyl (C=O) groups is 2. The van der Waals surface area contributed by atoms with Crippen LogP contribution >= 0.6 is 0 Å². The van der Waals surface area contributed by atoms with E-state index in [2.05, 4.69) is 28.6 Å². The van der Waals surface area contributed by atoms with Crippen LogP contribution in [0.4, 0.5) is 9.59 Å². The van der Waals surface area contributed by atoms with Crippen molar-refractivity contribution in [3.05, 3.63) is 42.6 Å². The Kier molecular flexibility index (Phi) is 4.44. The Morgan fingerprint density at radius 1 is 1.00 bits per heavy atom. The largest absolute Gasteiger partial charge is 0.351 e. The molecule has 6 nitrogen and oxygen atoms in total. The highest BCUT2D eigenvalue weighted by atomic mass is 16.2. The zero-order valence-electron chi connectivity index (χ0n) is 8.96. The Labute approximate surface area is 97.6 Å². The molecule has 0 aliphatic heterocycles. The van der Waals surface area contributed by atoms with E-state index in [-0.39, 0.29) is 0 Å². The summed E-state index contributed by atoms with van der Waals surface area (Å²) in [7, 11) is 0. The third-order valence-corrected chi connectivity index (χ3v) is 1.76. The van der Waals surface area contributed by atoms with Crippen LogP contribution in [0.1, 0.15) is 0 Å². The predicted molar refractivity (Wildman–Crippen MR) is 64.0 cm³/mol. The molecule has 6 heteroatoms. The van der Waals surface area contributed by atoms with Crippen LogP contribution in [-0.2, 0) is 0 Å². The average Bonchev–Trinajstić information content (AvgIpc) is 2.28. The number of fused-ring (bicyclic) bond motifs is 1. The normalized spacial score (nSPS) is 8.94. The van der Waals surface area contributed by atoms with Gasteiger partial charge in [-0.1, -0.05) is 24.3 Å². The number of nitrogens with two attached hydrogens (primary N) is 2. The molecule has 0 fully saturated rings. The van der Waals surface area contributed by atoms with E-state index in [1.807, 2.05) is 30.5 Å². The quantitative estimate of drug-likeness (QED) is 0.629. The minimum Gasteiger partial charge on any atom is -0.351 e. The van der Waals surface area contributed by atoms with Crippen molar-refractivity contribution >= 4 is 23.0 Å². The number of hydrogen-bond acceptors (Lipinski definition) is 3. The molecule has 0 spiro atoms. The fourth-order valence-corrected chi connectivity index (χ4v) is 1.14. The van der Waals surface area contributed by atoms with Gasteiger partial charge in [0.1, 0.15) is 0 Å². The van der Waals surface area contributed by atoms with Gasteiger partial charge in [0.2, 0.25) is 0 Å². The van der Waals surface area contributed by atoms with E-state index < -0.39 is 12.1 Å². The molecule has 0 unspecified atom stereocenters. The van der Waals surface area contributed by atoms with E-state index >= 15 is 0 Å². The molecule has 0 bridgehead atoms. The first-order valence-electron chi connectivity index (χ1n) is 4.75. The maximum Gasteiger partial charge on any atom is 0.320 e. The molecule has 88 valence electrons. The third kappa shape index (κ3) is 4.61. The van der Waals surface area contributed by atoms with Gasteiger partial charge >= 0.3 is 12.1 Å². The number of pyridine rings is 1. The van der Waals surface area contributed by atoms with Crippen molar-refractivity contribution in [3.8, 4) is 0 Å². The minimum absolute atomic E-state index is 0.937. The van der Waals surface area contributed by atoms with E-state index in [1.165, 1.54) is 5.39 Å². The smallest absolute Gasteiger partial charge is 0.320 e. The van der Waals surface area contributed by atoms with Gasteiger partial charge in [0, 0.05) is 11.6 Å². The lowest BCUT2D eigenvalue weighted by Gasteiger charge is -1.91. The molecule has 1 aromatic carbocycles. The van der Waals surface area contributed by atoms with Crippen LogP contribution in [0, 0.1) is 0 Å². The van der Waals surface area contributed by atoms with Crippen LogP contribution in [0.5, 0.6) is 0 Å². The minimum atomic E-state index is -0.938. The molecule has 0 atom stereocenters. The van der Waals surface area contributed by atoms with Crippen LogP contribution in [0.25, 0.3) is 10.9 Å². The number of hydrogen-bond donors (Lipinski definition) is 3. The number of nitrogens with one attached hydrogen (secondary N) is 1.